The summed E-state index contributed by atoms with van der Waals surface area (Å²) in [7, 11) is 0. The third-order valence-corrected chi connectivity index (χ3v) is 3.71. The molecule has 0 spiro atoms. The molecule has 126 valence electrons. The Bertz CT molecular complexity index is 791. The number of amides is 1. The predicted octanol–water partition coefficient (Wildman–Crippen LogP) is 3.34. The lowest BCUT2D eigenvalue weighted by Crippen LogP contribution is -2.36. The van der Waals surface area contributed by atoms with Crippen LogP contribution in [-0.4, -0.2) is 32.6 Å². The van der Waals surface area contributed by atoms with Gasteiger partial charge < -0.3 is 10.0 Å². The van der Waals surface area contributed by atoms with E-state index in [1.807, 2.05) is 0 Å². The summed E-state index contributed by atoms with van der Waals surface area (Å²) in [6, 6.07) is 4.73. The summed E-state index contributed by atoms with van der Waals surface area (Å²) in [4.78, 5) is 19.7. The van der Waals surface area contributed by atoms with Gasteiger partial charge in [0.15, 0.2) is 11.5 Å². The Kier molecular flexibility index (Phi) is 3.86. The Labute approximate surface area is 133 Å². The first kappa shape index (κ1) is 16.2. The molecule has 2 heterocycles. The molecule has 24 heavy (non-hydrogen) atoms. The van der Waals surface area contributed by atoms with Crippen LogP contribution in [0.25, 0.3) is 11.4 Å². The molecule has 1 aromatic heterocycles. The summed E-state index contributed by atoms with van der Waals surface area (Å²) < 4.78 is 52.9. The Hall–Kier alpha value is -2.71. The quantitative estimate of drug-likeness (QED) is 0.808. The molecule has 1 amide bonds. The Morgan fingerprint density at radius 3 is 2.42 bits per heavy atom. The van der Waals surface area contributed by atoms with Crippen LogP contribution in [0.4, 0.5) is 22.4 Å². The van der Waals surface area contributed by atoms with Gasteiger partial charge in [-0.2, -0.15) is 13.2 Å². The number of aromatic nitrogens is 2. The third-order valence-electron chi connectivity index (χ3n) is 3.71. The van der Waals surface area contributed by atoms with E-state index in [2.05, 4.69) is 9.97 Å². The van der Waals surface area contributed by atoms with Gasteiger partial charge in [0.25, 0.3) is 0 Å². The van der Waals surface area contributed by atoms with E-state index >= 15 is 0 Å². The summed E-state index contributed by atoms with van der Waals surface area (Å²) in [5.74, 6) is -0.752. The second-order valence-electron chi connectivity index (χ2n) is 5.28. The van der Waals surface area contributed by atoms with Crippen LogP contribution in [-0.2, 0) is 19.1 Å². The smallest absolute Gasteiger partial charge is 0.433 e. The molecule has 1 aromatic carbocycles. The van der Waals surface area contributed by atoms with Crippen molar-refractivity contribution >= 4 is 6.09 Å². The molecule has 0 atom stereocenters. The zero-order valence-electron chi connectivity index (χ0n) is 12.1. The SMILES string of the molecule is O=C(O)N1CCc2c(nc(-c3ccc(F)cc3)nc2C(F)(F)F)C1. The zero-order chi connectivity index (χ0) is 17.5. The molecule has 0 unspecified atom stereocenters. The lowest BCUT2D eigenvalue weighted by Gasteiger charge is -2.27. The highest BCUT2D eigenvalue weighted by Crippen LogP contribution is 2.35. The minimum absolute atomic E-state index is 0.0188. The van der Waals surface area contributed by atoms with E-state index in [9.17, 15) is 22.4 Å². The van der Waals surface area contributed by atoms with Crippen molar-refractivity contribution in [2.24, 2.45) is 0 Å². The van der Waals surface area contributed by atoms with Gasteiger partial charge in [-0.15, -0.1) is 0 Å². The second-order valence-corrected chi connectivity index (χ2v) is 5.28. The fraction of sp³-hybridized carbons (Fsp3) is 0.267. The van der Waals surface area contributed by atoms with Crippen molar-refractivity contribution in [1.82, 2.24) is 14.9 Å². The summed E-state index contributed by atoms with van der Waals surface area (Å²) in [6.45, 7) is -0.296. The minimum Gasteiger partial charge on any atom is -0.465 e. The molecule has 1 aliphatic rings. The van der Waals surface area contributed by atoms with Gasteiger partial charge in [0.1, 0.15) is 5.82 Å². The van der Waals surface area contributed by atoms with Gasteiger partial charge in [0.05, 0.1) is 12.2 Å². The number of halogens is 4. The van der Waals surface area contributed by atoms with Gasteiger partial charge in [-0.3, -0.25) is 0 Å². The van der Waals surface area contributed by atoms with E-state index in [1.54, 1.807) is 0 Å². The molecule has 0 radical (unpaired) electrons. The van der Waals surface area contributed by atoms with Gasteiger partial charge in [-0.25, -0.2) is 19.2 Å². The molecule has 1 N–H and O–H groups in total. The van der Waals surface area contributed by atoms with Crippen LogP contribution < -0.4 is 0 Å². The average Bonchev–Trinajstić information content (AvgIpc) is 2.53. The number of fused-ring (bicyclic) bond motifs is 1. The maximum Gasteiger partial charge on any atom is 0.433 e. The van der Waals surface area contributed by atoms with Gasteiger partial charge >= 0.3 is 12.3 Å². The molecule has 0 bridgehead atoms. The number of carboxylic acid groups (broad SMARTS) is 1. The maximum atomic E-state index is 13.3. The highest BCUT2D eigenvalue weighted by atomic mass is 19.4. The van der Waals surface area contributed by atoms with E-state index in [4.69, 9.17) is 5.11 Å². The normalized spacial score (nSPS) is 14.4. The molecule has 0 aliphatic carbocycles. The molecule has 0 fully saturated rings. The van der Waals surface area contributed by atoms with Crippen LogP contribution >= 0.6 is 0 Å². The van der Waals surface area contributed by atoms with Crippen molar-refractivity contribution in [2.75, 3.05) is 6.54 Å². The molecule has 0 saturated carbocycles. The molecule has 3 rings (SSSR count). The van der Waals surface area contributed by atoms with Crippen molar-refractivity contribution in [3.8, 4) is 11.4 Å². The number of rotatable bonds is 1. The van der Waals surface area contributed by atoms with Crippen LogP contribution in [0.2, 0.25) is 0 Å². The van der Waals surface area contributed by atoms with Crippen LogP contribution in [0.15, 0.2) is 24.3 Å². The standard InChI is InChI=1S/C15H11F4N3O2/c16-9-3-1-8(2-4-9)13-20-11-7-22(14(23)24)6-5-10(11)12(21-13)15(17,18)19/h1-4H,5-7H2,(H,23,24). The third kappa shape index (κ3) is 3.01. The number of carbonyl (C=O) groups is 1. The molecule has 5 nitrogen and oxygen atoms in total. The van der Waals surface area contributed by atoms with Crippen molar-refractivity contribution < 1.29 is 27.5 Å². The van der Waals surface area contributed by atoms with E-state index < -0.39 is 23.8 Å². The fourth-order valence-corrected chi connectivity index (χ4v) is 2.56. The van der Waals surface area contributed by atoms with E-state index in [-0.39, 0.29) is 42.2 Å². The van der Waals surface area contributed by atoms with Crippen molar-refractivity contribution in [2.45, 2.75) is 19.1 Å². The molecular weight excluding hydrogens is 330 g/mol. The molecule has 2 aromatic rings. The summed E-state index contributed by atoms with van der Waals surface area (Å²) in [6.07, 6.45) is -6.02. The fourth-order valence-electron chi connectivity index (χ4n) is 2.56. The average molecular weight is 341 g/mol. The Morgan fingerprint density at radius 2 is 1.83 bits per heavy atom. The number of hydrogen-bond acceptors (Lipinski definition) is 3. The first-order valence-electron chi connectivity index (χ1n) is 6.96. The Balaban J connectivity index is 2.13. The first-order valence-corrected chi connectivity index (χ1v) is 6.96. The highest BCUT2D eigenvalue weighted by molar-refractivity contribution is 5.65. The van der Waals surface area contributed by atoms with Gasteiger partial charge in [0.2, 0.25) is 0 Å². The lowest BCUT2D eigenvalue weighted by molar-refractivity contribution is -0.142. The zero-order valence-corrected chi connectivity index (χ0v) is 12.1. The van der Waals surface area contributed by atoms with E-state index in [0.717, 1.165) is 17.0 Å². The van der Waals surface area contributed by atoms with Crippen LogP contribution in [0.5, 0.6) is 0 Å². The monoisotopic (exact) mass is 341 g/mol. The first-order chi connectivity index (χ1) is 11.3. The summed E-state index contributed by atoms with van der Waals surface area (Å²) in [5.41, 5.74) is -0.926. The summed E-state index contributed by atoms with van der Waals surface area (Å²) >= 11 is 0. The number of alkyl halides is 3. The minimum atomic E-state index is -4.69. The number of hydrogen-bond donors (Lipinski definition) is 1. The summed E-state index contributed by atoms with van der Waals surface area (Å²) in [5, 5.41) is 9.03. The van der Waals surface area contributed by atoms with Crippen LogP contribution in [0.3, 0.4) is 0 Å². The molecule has 0 saturated heterocycles. The van der Waals surface area contributed by atoms with E-state index in [1.165, 1.54) is 12.1 Å². The van der Waals surface area contributed by atoms with Gasteiger partial charge in [-0.1, -0.05) is 0 Å². The lowest BCUT2D eigenvalue weighted by atomic mass is 10.0. The van der Waals surface area contributed by atoms with Gasteiger partial charge in [0, 0.05) is 17.7 Å². The van der Waals surface area contributed by atoms with Crippen molar-refractivity contribution in [3.63, 3.8) is 0 Å². The van der Waals surface area contributed by atoms with E-state index in [0.29, 0.717) is 0 Å². The van der Waals surface area contributed by atoms with Crippen LogP contribution in [0.1, 0.15) is 17.0 Å². The molecule has 9 heteroatoms. The predicted molar refractivity (Wildman–Crippen MR) is 74.6 cm³/mol. The van der Waals surface area contributed by atoms with Crippen molar-refractivity contribution in [1.29, 1.82) is 0 Å². The second kappa shape index (κ2) is 5.73. The maximum absolute atomic E-state index is 13.3. The Morgan fingerprint density at radius 1 is 1.17 bits per heavy atom. The van der Waals surface area contributed by atoms with Gasteiger partial charge in [-0.05, 0) is 30.7 Å². The molecular formula is C15H11F4N3O2. The van der Waals surface area contributed by atoms with Crippen molar-refractivity contribution in [3.05, 3.63) is 47.0 Å². The number of nitrogens with zero attached hydrogens (tertiary/aromatic N) is 3. The largest absolute Gasteiger partial charge is 0.465 e. The highest BCUT2D eigenvalue weighted by Gasteiger charge is 2.39. The van der Waals surface area contributed by atoms with Crippen LogP contribution in [0, 0.1) is 5.82 Å². The number of benzene rings is 1. The molecule has 1 aliphatic heterocycles. The topological polar surface area (TPSA) is 66.3 Å².